The summed E-state index contributed by atoms with van der Waals surface area (Å²) in [5.41, 5.74) is 2.15. The Morgan fingerprint density at radius 2 is 1.97 bits per heavy atom. The van der Waals surface area contributed by atoms with Gasteiger partial charge in [-0.1, -0.05) is 19.8 Å². The first-order valence-corrected chi connectivity index (χ1v) is 11.7. The first kappa shape index (κ1) is 22.7. The average Bonchev–Trinajstić information content (AvgIpc) is 2.77. The fourth-order valence-corrected chi connectivity index (χ4v) is 5.58. The molecular weight excluding hydrogens is 416 g/mol. The van der Waals surface area contributed by atoms with Crippen molar-refractivity contribution in [3.05, 3.63) is 57.4 Å². The summed E-state index contributed by atoms with van der Waals surface area (Å²) in [6.45, 7) is 5.62. The highest BCUT2D eigenvalue weighted by Crippen LogP contribution is 2.37. The number of nitro benzene ring substituents is 1. The molecular formula is C22H26N4O4S. The van der Waals surface area contributed by atoms with E-state index in [0.717, 1.165) is 30.0 Å². The summed E-state index contributed by atoms with van der Waals surface area (Å²) in [4.78, 5) is 16.8. The lowest BCUT2D eigenvalue weighted by Crippen LogP contribution is -2.37. The van der Waals surface area contributed by atoms with Crippen LogP contribution < -0.4 is 4.90 Å². The molecule has 1 aromatic carbocycles. The number of anilines is 1. The lowest BCUT2D eigenvalue weighted by atomic mass is 10.0. The molecule has 0 atom stereocenters. The third kappa shape index (κ3) is 4.55. The Balaban J connectivity index is 2.18. The first-order valence-electron chi connectivity index (χ1n) is 10.3. The molecule has 0 radical (unpaired) electrons. The highest BCUT2D eigenvalue weighted by molar-refractivity contribution is 7.89. The number of benzene rings is 1. The van der Waals surface area contributed by atoms with Gasteiger partial charge in [0.1, 0.15) is 4.90 Å². The van der Waals surface area contributed by atoms with Gasteiger partial charge in [0.2, 0.25) is 10.0 Å². The van der Waals surface area contributed by atoms with Crippen LogP contribution in [0.1, 0.15) is 43.4 Å². The van der Waals surface area contributed by atoms with Gasteiger partial charge in [-0.3, -0.25) is 15.1 Å². The Kier molecular flexibility index (Phi) is 6.93. The number of non-ortho nitro benzene ring substituents is 1. The lowest BCUT2D eigenvalue weighted by molar-refractivity contribution is -0.385. The predicted octanol–water partition coefficient (Wildman–Crippen LogP) is 3.34. The van der Waals surface area contributed by atoms with Gasteiger partial charge in [0, 0.05) is 50.7 Å². The minimum atomic E-state index is -4.04. The summed E-state index contributed by atoms with van der Waals surface area (Å²) in [6.07, 6.45) is 11.2. The molecule has 0 amide bonds. The number of terminal acetylenes is 1. The molecule has 0 unspecified atom stereocenters. The van der Waals surface area contributed by atoms with Crippen molar-refractivity contribution in [3.63, 3.8) is 0 Å². The van der Waals surface area contributed by atoms with E-state index in [1.54, 1.807) is 12.4 Å². The lowest BCUT2D eigenvalue weighted by Gasteiger charge is -2.31. The Morgan fingerprint density at radius 3 is 2.58 bits per heavy atom. The fraction of sp³-hybridized carbons (Fsp3) is 0.409. The molecule has 0 saturated heterocycles. The highest BCUT2D eigenvalue weighted by Gasteiger charge is 2.34. The Bertz CT molecular complexity index is 1120. The molecule has 0 saturated carbocycles. The zero-order valence-corrected chi connectivity index (χ0v) is 18.6. The molecule has 1 aromatic heterocycles. The van der Waals surface area contributed by atoms with Gasteiger partial charge in [-0.15, -0.1) is 6.42 Å². The van der Waals surface area contributed by atoms with Crippen molar-refractivity contribution in [1.82, 2.24) is 9.29 Å². The number of nitrogens with zero attached hydrogens (tertiary/aromatic N) is 4. The zero-order chi connectivity index (χ0) is 22.6. The average molecular weight is 443 g/mol. The molecule has 0 aliphatic carbocycles. The second-order valence-corrected chi connectivity index (χ2v) is 9.37. The van der Waals surface area contributed by atoms with E-state index >= 15 is 0 Å². The number of pyridine rings is 1. The standard InChI is InChI=1S/C22H26N4O4S/c1-4-10-24(11-5-2)22-17(6-3)13-20(26(27)28)14-21(22)31(29,30)25-12-8-18-7-9-23-15-19(18)16-25/h3,7,9,13-15H,4-5,8,10-12,16H2,1-2H3. The summed E-state index contributed by atoms with van der Waals surface area (Å²) < 4.78 is 28.9. The first-order chi connectivity index (χ1) is 14.8. The van der Waals surface area contributed by atoms with Gasteiger partial charge >= 0.3 is 0 Å². The molecule has 2 heterocycles. The predicted molar refractivity (Wildman–Crippen MR) is 119 cm³/mol. The molecule has 2 aromatic rings. The molecule has 0 bridgehead atoms. The molecule has 8 nitrogen and oxygen atoms in total. The van der Waals surface area contributed by atoms with Gasteiger partial charge in [0.25, 0.3) is 5.69 Å². The molecule has 0 spiro atoms. The molecule has 9 heteroatoms. The number of sulfonamides is 1. The van der Waals surface area contributed by atoms with Gasteiger partial charge in [-0.05, 0) is 36.5 Å². The van der Waals surface area contributed by atoms with Gasteiger partial charge in [-0.2, -0.15) is 4.31 Å². The van der Waals surface area contributed by atoms with Gasteiger partial charge in [-0.25, -0.2) is 8.42 Å². The van der Waals surface area contributed by atoms with E-state index in [4.69, 9.17) is 6.42 Å². The number of fused-ring (bicyclic) bond motifs is 1. The quantitative estimate of drug-likeness (QED) is 0.353. The van der Waals surface area contributed by atoms with E-state index in [9.17, 15) is 18.5 Å². The van der Waals surface area contributed by atoms with Crippen LogP contribution in [0.3, 0.4) is 0 Å². The van der Waals surface area contributed by atoms with Gasteiger partial charge in [0.15, 0.2) is 0 Å². The summed E-state index contributed by atoms with van der Waals surface area (Å²) in [5.74, 6) is 2.48. The van der Waals surface area contributed by atoms with Crippen molar-refractivity contribution in [2.45, 2.75) is 44.6 Å². The minimum Gasteiger partial charge on any atom is -0.369 e. The topological polar surface area (TPSA) is 96.6 Å². The third-order valence-electron chi connectivity index (χ3n) is 5.33. The maximum absolute atomic E-state index is 13.8. The summed E-state index contributed by atoms with van der Waals surface area (Å²) in [7, 11) is -4.04. The summed E-state index contributed by atoms with van der Waals surface area (Å²) in [6, 6.07) is 4.31. The van der Waals surface area contributed by atoms with E-state index in [1.165, 1.54) is 10.4 Å². The Morgan fingerprint density at radius 1 is 1.26 bits per heavy atom. The molecule has 1 aliphatic rings. The largest absolute Gasteiger partial charge is 0.369 e. The smallest absolute Gasteiger partial charge is 0.272 e. The molecule has 3 rings (SSSR count). The van der Waals surface area contributed by atoms with E-state index in [-0.39, 0.29) is 29.2 Å². The number of rotatable bonds is 8. The van der Waals surface area contributed by atoms with Crippen LogP contribution in [0.2, 0.25) is 0 Å². The maximum atomic E-state index is 13.8. The van der Waals surface area contributed by atoms with Gasteiger partial charge < -0.3 is 4.90 Å². The van der Waals surface area contributed by atoms with E-state index in [1.807, 2.05) is 24.8 Å². The van der Waals surface area contributed by atoms with Crippen LogP contribution in [0.4, 0.5) is 11.4 Å². The maximum Gasteiger partial charge on any atom is 0.272 e. The van der Waals surface area contributed by atoms with Gasteiger partial charge in [0.05, 0.1) is 16.2 Å². The van der Waals surface area contributed by atoms with Crippen LogP contribution in [-0.4, -0.2) is 42.3 Å². The van der Waals surface area contributed by atoms with Crippen molar-refractivity contribution < 1.29 is 13.3 Å². The normalized spacial score (nSPS) is 14.0. The SMILES string of the molecule is C#Cc1cc([N+](=O)[O-])cc(S(=O)(=O)N2CCc3ccncc3C2)c1N(CCC)CCC. The van der Waals surface area contributed by atoms with Crippen LogP contribution in [-0.2, 0) is 23.0 Å². The van der Waals surface area contributed by atoms with Crippen LogP contribution in [0.25, 0.3) is 0 Å². The van der Waals surface area contributed by atoms with E-state index < -0.39 is 14.9 Å². The number of nitro groups is 1. The summed E-state index contributed by atoms with van der Waals surface area (Å²) in [5, 5.41) is 11.5. The van der Waals surface area contributed by atoms with Crippen LogP contribution in [0.15, 0.2) is 35.5 Å². The van der Waals surface area contributed by atoms with Crippen LogP contribution in [0, 0.1) is 22.5 Å². The van der Waals surface area contributed by atoms with E-state index in [2.05, 4.69) is 10.9 Å². The molecule has 1 aliphatic heterocycles. The second-order valence-electron chi connectivity index (χ2n) is 7.46. The number of aromatic nitrogens is 1. The van der Waals surface area contributed by atoms with E-state index in [0.29, 0.717) is 25.2 Å². The third-order valence-corrected chi connectivity index (χ3v) is 7.19. The zero-order valence-electron chi connectivity index (χ0n) is 17.7. The number of hydrogen-bond acceptors (Lipinski definition) is 6. The fourth-order valence-electron chi connectivity index (χ4n) is 3.91. The van der Waals surface area contributed by atoms with Crippen LogP contribution in [0.5, 0.6) is 0 Å². The van der Waals surface area contributed by atoms with Crippen molar-refractivity contribution in [2.75, 3.05) is 24.5 Å². The highest BCUT2D eigenvalue weighted by atomic mass is 32.2. The Labute approximate surface area is 183 Å². The molecule has 0 N–H and O–H groups in total. The number of hydrogen-bond donors (Lipinski definition) is 0. The van der Waals surface area contributed by atoms with Crippen molar-refractivity contribution in [3.8, 4) is 12.3 Å². The second kappa shape index (κ2) is 9.45. The molecule has 31 heavy (non-hydrogen) atoms. The Hall–Kier alpha value is -2.96. The summed E-state index contributed by atoms with van der Waals surface area (Å²) >= 11 is 0. The minimum absolute atomic E-state index is 0.108. The molecule has 0 fully saturated rings. The monoisotopic (exact) mass is 442 g/mol. The van der Waals surface area contributed by atoms with Crippen molar-refractivity contribution >= 4 is 21.4 Å². The van der Waals surface area contributed by atoms with Crippen molar-refractivity contribution in [1.29, 1.82) is 0 Å². The van der Waals surface area contributed by atoms with Crippen molar-refractivity contribution in [2.24, 2.45) is 0 Å². The molecule has 164 valence electrons. The van der Waals surface area contributed by atoms with Crippen LogP contribution >= 0.6 is 0 Å².